The standard InChI is InChI=1S/C13H18ClN3OS/c1-3-9-4-5-15-12(14)10(9)7-19-13-16-8(2)6-11(18)17-13/h4,8,15H,3,5-7H2,1-2H3,(H,16,17,18). The summed E-state index contributed by atoms with van der Waals surface area (Å²) in [4.78, 5) is 15.9. The van der Waals surface area contributed by atoms with E-state index in [0.717, 1.165) is 24.3 Å². The molecule has 2 aliphatic rings. The molecule has 2 N–H and O–H groups in total. The predicted octanol–water partition coefficient (Wildman–Crippen LogP) is 2.37. The summed E-state index contributed by atoms with van der Waals surface area (Å²) in [5.41, 5.74) is 2.38. The van der Waals surface area contributed by atoms with Crippen LogP contribution in [0.5, 0.6) is 0 Å². The molecule has 2 heterocycles. The van der Waals surface area contributed by atoms with Crippen molar-refractivity contribution < 1.29 is 4.79 Å². The Balaban J connectivity index is 2.02. The van der Waals surface area contributed by atoms with Gasteiger partial charge in [-0.05, 0) is 18.9 Å². The zero-order chi connectivity index (χ0) is 13.8. The van der Waals surface area contributed by atoms with Crippen LogP contribution in [-0.2, 0) is 4.79 Å². The van der Waals surface area contributed by atoms with Gasteiger partial charge in [0.25, 0.3) is 0 Å². The molecule has 0 aromatic heterocycles. The van der Waals surface area contributed by atoms with Crippen molar-refractivity contribution in [3.05, 3.63) is 22.4 Å². The summed E-state index contributed by atoms with van der Waals surface area (Å²) in [6.07, 6.45) is 3.59. The van der Waals surface area contributed by atoms with Gasteiger partial charge in [0.1, 0.15) is 5.16 Å². The second-order valence-electron chi connectivity index (χ2n) is 4.58. The van der Waals surface area contributed by atoms with E-state index in [-0.39, 0.29) is 11.9 Å². The first-order valence-corrected chi connectivity index (χ1v) is 7.79. The van der Waals surface area contributed by atoms with Crippen molar-refractivity contribution in [2.45, 2.75) is 32.7 Å². The second kappa shape index (κ2) is 6.48. The molecule has 0 aromatic rings. The molecule has 6 heteroatoms. The van der Waals surface area contributed by atoms with E-state index in [1.807, 2.05) is 6.92 Å². The highest BCUT2D eigenvalue weighted by Crippen LogP contribution is 2.26. The Morgan fingerprint density at radius 1 is 1.58 bits per heavy atom. The Hall–Kier alpha value is -0.940. The fourth-order valence-electron chi connectivity index (χ4n) is 2.08. The van der Waals surface area contributed by atoms with Crippen LogP contribution in [0, 0.1) is 0 Å². The van der Waals surface area contributed by atoms with E-state index in [9.17, 15) is 4.79 Å². The van der Waals surface area contributed by atoms with Gasteiger partial charge >= 0.3 is 0 Å². The zero-order valence-electron chi connectivity index (χ0n) is 11.1. The number of aliphatic imine (C=N–C) groups is 1. The molecule has 1 amide bonds. The number of carbonyl (C=O) groups excluding carboxylic acids is 1. The van der Waals surface area contributed by atoms with Gasteiger partial charge < -0.3 is 10.6 Å². The minimum absolute atomic E-state index is 0.0399. The van der Waals surface area contributed by atoms with Crippen LogP contribution >= 0.6 is 23.4 Å². The number of hydrogen-bond acceptors (Lipinski definition) is 4. The van der Waals surface area contributed by atoms with Crippen molar-refractivity contribution in [3.63, 3.8) is 0 Å². The molecule has 0 spiro atoms. The van der Waals surface area contributed by atoms with Crippen LogP contribution in [0.15, 0.2) is 27.4 Å². The molecule has 19 heavy (non-hydrogen) atoms. The molecular formula is C13H18ClN3OS. The maximum atomic E-state index is 11.5. The number of amidine groups is 1. The van der Waals surface area contributed by atoms with Crippen molar-refractivity contribution in [2.75, 3.05) is 12.3 Å². The molecule has 2 rings (SSSR count). The maximum Gasteiger partial charge on any atom is 0.228 e. The van der Waals surface area contributed by atoms with Gasteiger partial charge in [-0.3, -0.25) is 9.79 Å². The van der Waals surface area contributed by atoms with E-state index in [1.165, 1.54) is 17.3 Å². The minimum Gasteiger partial charge on any atom is -0.372 e. The number of nitrogens with zero attached hydrogens (tertiary/aromatic N) is 1. The summed E-state index contributed by atoms with van der Waals surface area (Å²) in [7, 11) is 0. The first kappa shape index (κ1) is 14.5. The van der Waals surface area contributed by atoms with Gasteiger partial charge in [-0.25, -0.2) is 0 Å². The monoisotopic (exact) mass is 299 g/mol. The lowest BCUT2D eigenvalue weighted by Crippen LogP contribution is -2.36. The molecule has 2 aliphatic heterocycles. The fourth-order valence-corrected chi connectivity index (χ4v) is 3.47. The van der Waals surface area contributed by atoms with Crippen molar-refractivity contribution in [1.82, 2.24) is 10.6 Å². The number of rotatable bonds is 3. The van der Waals surface area contributed by atoms with E-state index in [4.69, 9.17) is 11.6 Å². The van der Waals surface area contributed by atoms with Gasteiger partial charge in [0, 0.05) is 24.3 Å². The van der Waals surface area contributed by atoms with Crippen LogP contribution in [0.2, 0.25) is 0 Å². The average molecular weight is 300 g/mol. The normalized spacial score (nSPS) is 23.5. The van der Waals surface area contributed by atoms with Crippen LogP contribution in [0.25, 0.3) is 0 Å². The van der Waals surface area contributed by atoms with E-state index >= 15 is 0 Å². The van der Waals surface area contributed by atoms with Gasteiger partial charge in [-0.15, -0.1) is 0 Å². The number of carbonyl (C=O) groups is 1. The van der Waals surface area contributed by atoms with Crippen molar-refractivity contribution in [3.8, 4) is 0 Å². The smallest absolute Gasteiger partial charge is 0.228 e. The average Bonchev–Trinajstić information content (AvgIpc) is 2.36. The summed E-state index contributed by atoms with van der Waals surface area (Å²) < 4.78 is 0. The molecule has 0 aliphatic carbocycles. The highest BCUT2D eigenvalue weighted by molar-refractivity contribution is 8.14. The molecule has 0 bridgehead atoms. The lowest BCUT2D eigenvalue weighted by atomic mass is 10.0. The van der Waals surface area contributed by atoms with Gasteiger partial charge in [0.2, 0.25) is 5.91 Å². The van der Waals surface area contributed by atoms with Crippen molar-refractivity contribution in [2.24, 2.45) is 4.99 Å². The molecule has 0 fully saturated rings. The third-order valence-electron chi connectivity index (χ3n) is 3.06. The molecule has 0 saturated carbocycles. The Kier molecular flexibility index (Phi) is 4.93. The number of halogens is 1. The Morgan fingerprint density at radius 2 is 2.37 bits per heavy atom. The largest absolute Gasteiger partial charge is 0.372 e. The highest BCUT2D eigenvalue weighted by atomic mass is 35.5. The van der Waals surface area contributed by atoms with Gasteiger partial charge in [-0.2, -0.15) is 0 Å². The molecule has 0 saturated heterocycles. The lowest BCUT2D eigenvalue weighted by molar-refractivity contribution is -0.120. The van der Waals surface area contributed by atoms with Crippen LogP contribution in [0.3, 0.4) is 0 Å². The van der Waals surface area contributed by atoms with Gasteiger partial charge in [0.05, 0.1) is 6.04 Å². The molecule has 0 aromatic carbocycles. The third-order valence-corrected chi connectivity index (χ3v) is 4.33. The van der Waals surface area contributed by atoms with Crippen LogP contribution < -0.4 is 10.6 Å². The summed E-state index contributed by atoms with van der Waals surface area (Å²) in [5, 5.41) is 7.34. The van der Waals surface area contributed by atoms with Crippen molar-refractivity contribution >= 4 is 34.4 Å². The van der Waals surface area contributed by atoms with Crippen LogP contribution in [0.1, 0.15) is 26.7 Å². The Morgan fingerprint density at radius 3 is 3.05 bits per heavy atom. The molecule has 104 valence electrons. The number of allylic oxidation sites excluding steroid dienone is 1. The Bertz CT molecular complexity index is 471. The highest BCUT2D eigenvalue weighted by Gasteiger charge is 2.19. The summed E-state index contributed by atoms with van der Waals surface area (Å²) >= 11 is 7.75. The maximum absolute atomic E-state index is 11.5. The van der Waals surface area contributed by atoms with E-state index in [0.29, 0.717) is 16.7 Å². The SMILES string of the molecule is CCC1=CCNC(Cl)=C1CSC1=NC(C)CC(=O)N1. The predicted molar refractivity (Wildman–Crippen MR) is 81.4 cm³/mol. The number of thioether (sulfide) groups is 1. The summed E-state index contributed by atoms with van der Waals surface area (Å²) in [5.74, 6) is 0.759. The van der Waals surface area contributed by atoms with E-state index in [2.05, 4.69) is 28.6 Å². The van der Waals surface area contributed by atoms with E-state index in [1.54, 1.807) is 0 Å². The first-order valence-electron chi connectivity index (χ1n) is 6.42. The second-order valence-corrected chi connectivity index (χ2v) is 5.92. The minimum atomic E-state index is 0.0399. The van der Waals surface area contributed by atoms with Crippen LogP contribution in [0.4, 0.5) is 0 Å². The number of nitrogens with one attached hydrogen (secondary N) is 2. The molecule has 0 radical (unpaired) electrons. The third kappa shape index (κ3) is 3.76. The molecular weight excluding hydrogens is 282 g/mol. The molecule has 4 nitrogen and oxygen atoms in total. The number of hydrogen-bond donors (Lipinski definition) is 2. The fraction of sp³-hybridized carbons (Fsp3) is 0.538. The summed E-state index contributed by atoms with van der Waals surface area (Å²) in [6.45, 7) is 4.85. The Labute approximate surface area is 122 Å². The number of dihydropyridines is 1. The molecule has 1 atom stereocenters. The van der Waals surface area contributed by atoms with Crippen molar-refractivity contribution in [1.29, 1.82) is 0 Å². The summed E-state index contributed by atoms with van der Waals surface area (Å²) in [6, 6.07) is 0.0615. The van der Waals surface area contributed by atoms with Crippen LogP contribution in [-0.4, -0.2) is 29.4 Å². The number of amides is 1. The first-order chi connectivity index (χ1) is 9.10. The van der Waals surface area contributed by atoms with Gasteiger partial charge in [-0.1, -0.05) is 36.4 Å². The van der Waals surface area contributed by atoms with Gasteiger partial charge in [0.15, 0.2) is 5.17 Å². The zero-order valence-corrected chi connectivity index (χ0v) is 12.7. The molecule has 1 unspecified atom stereocenters. The van der Waals surface area contributed by atoms with E-state index < -0.39 is 0 Å². The lowest BCUT2D eigenvalue weighted by Gasteiger charge is -2.21. The topological polar surface area (TPSA) is 53.5 Å². The quantitative estimate of drug-likeness (QED) is 0.787.